The summed E-state index contributed by atoms with van der Waals surface area (Å²) >= 11 is 11.7. The quantitative estimate of drug-likeness (QED) is 0.666. The standard InChI is InChI=1S/C17H17Cl2N3O4/c1-10(14-3-2-6-26-14)22-16(24)9-20-15(23)8-21-17(25)12-5-4-11(18)7-13(12)19/h2-7,10H,8-9H2,1H3,(H,20,23)(H,21,25)(H,22,24)/t10-/m0/s1. The highest BCUT2D eigenvalue weighted by molar-refractivity contribution is 6.36. The number of rotatable bonds is 7. The lowest BCUT2D eigenvalue weighted by atomic mass is 10.2. The van der Waals surface area contributed by atoms with Crippen molar-refractivity contribution in [2.45, 2.75) is 13.0 Å². The molecule has 0 fully saturated rings. The Morgan fingerprint density at radius 2 is 1.81 bits per heavy atom. The van der Waals surface area contributed by atoms with E-state index in [2.05, 4.69) is 16.0 Å². The van der Waals surface area contributed by atoms with Gasteiger partial charge in [0.1, 0.15) is 5.76 Å². The maximum Gasteiger partial charge on any atom is 0.253 e. The van der Waals surface area contributed by atoms with Gasteiger partial charge >= 0.3 is 0 Å². The minimum absolute atomic E-state index is 0.182. The van der Waals surface area contributed by atoms with Crippen LogP contribution in [0, 0.1) is 0 Å². The van der Waals surface area contributed by atoms with Crippen molar-refractivity contribution in [2.24, 2.45) is 0 Å². The third kappa shape index (κ3) is 5.79. The highest BCUT2D eigenvalue weighted by Crippen LogP contribution is 2.20. The SMILES string of the molecule is C[C@H](NC(=O)CNC(=O)CNC(=O)c1ccc(Cl)cc1Cl)c1ccco1. The number of hydrogen-bond donors (Lipinski definition) is 3. The van der Waals surface area contributed by atoms with Gasteiger partial charge in [0.05, 0.1) is 36.0 Å². The van der Waals surface area contributed by atoms with Crippen LogP contribution in [0.15, 0.2) is 41.0 Å². The van der Waals surface area contributed by atoms with Crippen molar-refractivity contribution in [1.29, 1.82) is 0 Å². The van der Waals surface area contributed by atoms with E-state index < -0.39 is 11.8 Å². The highest BCUT2D eigenvalue weighted by atomic mass is 35.5. The van der Waals surface area contributed by atoms with E-state index in [9.17, 15) is 14.4 Å². The summed E-state index contributed by atoms with van der Waals surface area (Å²) in [6.45, 7) is 1.24. The molecule has 7 nitrogen and oxygen atoms in total. The molecule has 2 rings (SSSR count). The number of carbonyl (C=O) groups is 3. The molecule has 0 aliphatic heterocycles. The highest BCUT2D eigenvalue weighted by Gasteiger charge is 2.14. The van der Waals surface area contributed by atoms with Crippen LogP contribution < -0.4 is 16.0 Å². The molecule has 0 aliphatic carbocycles. The fourth-order valence-corrected chi connectivity index (χ4v) is 2.57. The van der Waals surface area contributed by atoms with E-state index in [1.54, 1.807) is 19.1 Å². The summed E-state index contributed by atoms with van der Waals surface area (Å²) in [6.07, 6.45) is 1.51. The van der Waals surface area contributed by atoms with E-state index in [4.69, 9.17) is 27.6 Å². The molecule has 1 aromatic carbocycles. The monoisotopic (exact) mass is 397 g/mol. The molecule has 3 N–H and O–H groups in total. The van der Waals surface area contributed by atoms with Crippen LogP contribution in [-0.2, 0) is 9.59 Å². The Kier molecular flexibility index (Phi) is 7.06. The van der Waals surface area contributed by atoms with Crippen molar-refractivity contribution in [3.63, 3.8) is 0 Å². The smallest absolute Gasteiger partial charge is 0.253 e. The van der Waals surface area contributed by atoms with Gasteiger partial charge in [-0.05, 0) is 37.3 Å². The molecule has 0 saturated carbocycles. The average Bonchev–Trinajstić information content (AvgIpc) is 3.12. The van der Waals surface area contributed by atoms with Gasteiger partial charge in [-0.2, -0.15) is 0 Å². The van der Waals surface area contributed by atoms with Crippen LogP contribution in [-0.4, -0.2) is 30.8 Å². The van der Waals surface area contributed by atoms with Gasteiger partial charge in [-0.25, -0.2) is 0 Å². The molecule has 0 saturated heterocycles. The molecule has 26 heavy (non-hydrogen) atoms. The van der Waals surface area contributed by atoms with Crippen molar-refractivity contribution in [2.75, 3.05) is 13.1 Å². The van der Waals surface area contributed by atoms with Gasteiger partial charge < -0.3 is 20.4 Å². The largest absolute Gasteiger partial charge is 0.467 e. The van der Waals surface area contributed by atoms with Crippen LogP contribution in [0.25, 0.3) is 0 Å². The number of carbonyl (C=O) groups excluding carboxylic acids is 3. The average molecular weight is 398 g/mol. The predicted octanol–water partition coefficient (Wildman–Crippen LogP) is 2.31. The number of benzene rings is 1. The molecule has 0 spiro atoms. The molecule has 9 heteroatoms. The van der Waals surface area contributed by atoms with Crippen molar-refractivity contribution in [1.82, 2.24) is 16.0 Å². The van der Waals surface area contributed by atoms with Gasteiger partial charge in [-0.3, -0.25) is 14.4 Å². The Labute approximate surface area is 160 Å². The van der Waals surface area contributed by atoms with Crippen molar-refractivity contribution in [3.8, 4) is 0 Å². The topological polar surface area (TPSA) is 100 Å². The summed E-state index contributed by atoms with van der Waals surface area (Å²) in [7, 11) is 0. The lowest BCUT2D eigenvalue weighted by Gasteiger charge is -2.12. The molecule has 0 bridgehead atoms. The normalized spacial score (nSPS) is 11.5. The van der Waals surface area contributed by atoms with Gasteiger partial charge in [-0.15, -0.1) is 0 Å². The first-order valence-corrected chi connectivity index (χ1v) is 8.45. The zero-order chi connectivity index (χ0) is 19.1. The zero-order valence-corrected chi connectivity index (χ0v) is 15.4. The molecule has 1 atom stereocenters. The van der Waals surface area contributed by atoms with Crippen molar-refractivity contribution < 1.29 is 18.8 Å². The predicted molar refractivity (Wildman–Crippen MR) is 97.1 cm³/mol. The molecule has 2 aromatic rings. The minimum Gasteiger partial charge on any atom is -0.467 e. The molecular formula is C17H17Cl2N3O4. The van der Waals surface area contributed by atoms with Crippen LogP contribution in [0.4, 0.5) is 0 Å². The molecule has 138 valence electrons. The van der Waals surface area contributed by atoms with Gasteiger partial charge in [0.25, 0.3) is 5.91 Å². The van der Waals surface area contributed by atoms with E-state index in [0.29, 0.717) is 10.8 Å². The van der Waals surface area contributed by atoms with Gasteiger partial charge in [0, 0.05) is 5.02 Å². The Morgan fingerprint density at radius 3 is 2.46 bits per heavy atom. The Balaban J connectivity index is 1.73. The molecule has 0 unspecified atom stereocenters. The lowest BCUT2D eigenvalue weighted by Crippen LogP contribution is -2.42. The maximum atomic E-state index is 12.0. The van der Waals surface area contributed by atoms with Crippen LogP contribution in [0.3, 0.4) is 0 Å². The maximum absolute atomic E-state index is 12.0. The van der Waals surface area contributed by atoms with Gasteiger partial charge in [0.15, 0.2) is 0 Å². The molecule has 3 amide bonds. The van der Waals surface area contributed by atoms with Crippen LogP contribution in [0.5, 0.6) is 0 Å². The lowest BCUT2D eigenvalue weighted by molar-refractivity contribution is -0.125. The fourth-order valence-electron chi connectivity index (χ4n) is 2.07. The van der Waals surface area contributed by atoms with Crippen molar-refractivity contribution >= 4 is 40.9 Å². The Bertz CT molecular complexity index is 793. The second kappa shape index (κ2) is 9.26. The number of furan rings is 1. The number of nitrogens with one attached hydrogen (secondary N) is 3. The molecule has 0 aliphatic rings. The second-order valence-corrected chi connectivity index (χ2v) is 6.23. The first kappa shape index (κ1) is 19.8. The third-order valence-corrected chi connectivity index (χ3v) is 3.93. The minimum atomic E-state index is -0.516. The first-order valence-electron chi connectivity index (χ1n) is 7.69. The third-order valence-electron chi connectivity index (χ3n) is 3.38. The molecule has 1 heterocycles. The first-order chi connectivity index (χ1) is 12.4. The van der Waals surface area contributed by atoms with Crippen LogP contribution in [0.2, 0.25) is 10.0 Å². The van der Waals surface area contributed by atoms with Gasteiger partial charge in [-0.1, -0.05) is 23.2 Å². The Hall–Kier alpha value is -2.51. The summed E-state index contributed by atoms with van der Waals surface area (Å²) in [4.78, 5) is 35.6. The Morgan fingerprint density at radius 1 is 1.08 bits per heavy atom. The van der Waals surface area contributed by atoms with Crippen molar-refractivity contribution in [3.05, 3.63) is 58.0 Å². The summed E-state index contributed by atoms with van der Waals surface area (Å²) in [5.41, 5.74) is 0.203. The van der Waals surface area contributed by atoms with E-state index in [0.717, 1.165) is 0 Å². The van der Waals surface area contributed by atoms with Crippen LogP contribution >= 0.6 is 23.2 Å². The molecular weight excluding hydrogens is 381 g/mol. The van der Waals surface area contributed by atoms with E-state index in [1.165, 1.54) is 24.5 Å². The summed E-state index contributed by atoms with van der Waals surface area (Å²) in [5, 5.41) is 8.09. The summed E-state index contributed by atoms with van der Waals surface area (Å²) in [6, 6.07) is 7.55. The molecule has 0 radical (unpaired) electrons. The molecule has 1 aromatic heterocycles. The number of halogens is 2. The second-order valence-electron chi connectivity index (χ2n) is 5.39. The van der Waals surface area contributed by atoms with Gasteiger partial charge in [0.2, 0.25) is 11.8 Å². The zero-order valence-electron chi connectivity index (χ0n) is 13.8. The van der Waals surface area contributed by atoms with E-state index in [1.807, 2.05) is 0 Å². The number of hydrogen-bond acceptors (Lipinski definition) is 4. The fraction of sp³-hybridized carbons (Fsp3) is 0.235. The van der Waals surface area contributed by atoms with E-state index in [-0.39, 0.29) is 35.6 Å². The number of amides is 3. The summed E-state index contributed by atoms with van der Waals surface area (Å²) < 4.78 is 5.18. The van der Waals surface area contributed by atoms with E-state index >= 15 is 0 Å². The summed E-state index contributed by atoms with van der Waals surface area (Å²) in [5.74, 6) is -0.798. The van der Waals surface area contributed by atoms with Crippen LogP contribution in [0.1, 0.15) is 29.1 Å².